The highest BCUT2D eigenvalue weighted by Crippen LogP contribution is 2.65. The molecule has 14 rings (SSSR count). The van der Waals surface area contributed by atoms with E-state index in [4.69, 9.17) is 0 Å². The first kappa shape index (κ1) is 52.9. The van der Waals surface area contributed by atoms with Crippen LogP contribution in [0.25, 0.3) is 22.3 Å². The molecule has 0 atom stereocenters. The number of aryl methyl sites for hydroxylation is 8. The Morgan fingerprint density at radius 2 is 0.529 bits per heavy atom. The molecule has 0 aliphatic heterocycles. The van der Waals surface area contributed by atoms with E-state index in [2.05, 4.69) is 337 Å². The molecule has 2 aliphatic rings. The Kier molecular flexibility index (Phi) is 13.2. The van der Waals surface area contributed by atoms with Crippen LogP contribution in [0.4, 0.5) is 51.2 Å². The van der Waals surface area contributed by atoms with E-state index in [1.807, 2.05) is 0 Å². The minimum atomic E-state index is -0.868. The lowest BCUT2D eigenvalue weighted by Gasteiger charge is -2.34. The zero-order valence-corrected chi connectivity index (χ0v) is 49.7. The topological polar surface area (TPSA) is 9.72 Å². The summed E-state index contributed by atoms with van der Waals surface area (Å²) >= 11 is 0. The van der Waals surface area contributed by atoms with Gasteiger partial charge in [-0.05, 0) is 220 Å². The maximum atomic E-state index is 3.97. The maximum absolute atomic E-state index is 3.97. The van der Waals surface area contributed by atoms with E-state index in [1.165, 1.54) is 94.6 Å². The van der Waals surface area contributed by atoms with Gasteiger partial charge in [0.05, 0.1) is 11.1 Å². The van der Waals surface area contributed by atoms with Crippen LogP contribution < -0.4 is 14.7 Å². The first-order chi connectivity index (χ1) is 41.4. The molecule has 0 aromatic heterocycles. The van der Waals surface area contributed by atoms with Crippen molar-refractivity contribution >= 4 is 51.2 Å². The molecule has 0 bridgehead atoms. The standard InChI is InChI=1S/C82H67N3/c1-53-9-25-61(26-10-53)81(62-27-11-54(2)12-28-62)63-29-45-73-74-46-42-70(83(64-30-13-55(3)14-31-64)65-32-15-56(4)16-33-65)50-78(74)82(77(73)49-63)79-51-71(84(66-34-17-57(5)18-35-66)67-36-19-58(6)20-37-67)43-47-75(79)76-48-44-72(52-80(76)82)85(68-38-21-59(7)22-39-68)69-40-23-60(8)24-41-69/h9-41,43-45,47-52,81H,1-8H3. The molecule has 0 saturated carbocycles. The Hall–Kier alpha value is -10.1. The Balaban J connectivity index is 1.10. The fourth-order valence-electron chi connectivity index (χ4n) is 13.2. The fraction of sp³-hybridized carbons (Fsp3) is 0.122. The van der Waals surface area contributed by atoms with E-state index >= 15 is 0 Å². The zero-order chi connectivity index (χ0) is 58.1. The lowest BCUT2D eigenvalue weighted by Crippen LogP contribution is -2.27. The molecule has 410 valence electrons. The van der Waals surface area contributed by atoms with Crippen LogP contribution in [0.2, 0.25) is 0 Å². The number of benzene rings is 11. The molecule has 2 aliphatic carbocycles. The van der Waals surface area contributed by atoms with Crippen molar-refractivity contribution in [1.82, 2.24) is 0 Å². The Morgan fingerprint density at radius 3 is 0.882 bits per heavy atom. The second kappa shape index (κ2) is 21.2. The van der Waals surface area contributed by atoms with Crippen molar-refractivity contribution in [3.63, 3.8) is 0 Å². The third-order valence-corrected chi connectivity index (χ3v) is 17.8. The summed E-state index contributed by atoms with van der Waals surface area (Å²) in [4.78, 5) is 7.23. The molecular formula is C82H67N3. The first-order valence-electron chi connectivity index (χ1n) is 29.7. The highest BCUT2D eigenvalue weighted by Gasteiger charge is 2.53. The average molecular weight is 1090 g/mol. The van der Waals surface area contributed by atoms with Crippen molar-refractivity contribution in [2.75, 3.05) is 14.7 Å². The van der Waals surface area contributed by atoms with Gasteiger partial charge in [-0.2, -0.15) is 0 Å². The Labute approximate surface area is 502 Å². The smallest absolute Gasteiger partial charge is 0.0977 e. The van der Waals surface area contributed by atoms with Gasteiger partial charge in [0.1, 0.15) is 0 Å². The van der Waals surface area contributed by atoms with Crippen LogP contribution in [-0.2, 0) is 5.41 Å². The van der Waals surface area contributed by atoms with Crippen LogP contribution in [0.3, 0.4) is 0 Å². The molecule has 0 unspecified atom stereocenters. The summed E-state index contributed by atoms with van der Waals surface area (Å²) in [5.74, 6) is -0.0490. The summed E-state index contributed by atoms with van der Waals surface area (Å²) in [7, 11) is 0. The second-order valence-corrected chi connectivity index (χ2v) is 23.9. The van der Waals surface area contributed by atoms with E-state index < -0.39 is 5.41 Å². The van der Waals surface area contributed by atoms with Gasteiger partial charge in [0.2, 0.25) is 0 Å². The predicted molar refractivity (Wildman–Crippen MR) is 356 cm³/mol. The Bertz CT molecular complexity index is 3680. The number of hydrogen-bond donors (Lipinski definition) is 0. The molecule has 0 fully saturated rings. The summed E-state index contributed by atoms with van der Waals surface area (Å²) < 4.78 is 0. The van der Waals surface area contributed by atoms with Crippen molar-refractivity contribution in [3.8, 4) is 22.3 Å². The van der Waals surface area contributed by atoms with Gasteiger partial charge < -0.3 is 14.7 Å². The molecule has 3 nitrogen and oxygen atoms in total. The lowest BCUT2D eigenvalue weighted by molar-refractivity contribution is 0.789. The third-order valence-electron chi connectivity index (χ3n) is 17.8. The second-order valence-electron chi connectivity index (χ2n) is 23.9. The molecule has 0 amide bonds. The minimum Gasteiger partial charge on any atom is -0.310 e. The van der Waals surface area contributed by atoms with Crippen molar-refractivity contribution in [2.24, 2.45) is 0 Å². The first-order valence-corrected chi connectivity index (χ1v) is 29.7. The molecule has 12 aromatic rings. The maximum Gasteiger partial charge on any atom is 0.0977 e. The van der Waals surface area contributed by atoms with E-state index in [9.17, 15) is 0 Å². The average Bonchev–Trinajstić information content (AvgIpc) is 1.63. The van der Waals surface area contributed by atoms with Gasteiger partial charge in [0, 0.05) is 57.0 Å². The van der Waals surface area contributed by atoms with Crippen molar-refractivity contribution < 1.29 is 0 Å². The van der Waals surface area contributed by atoms with Crippen molar-refractivity contribution in [1.29, 1.82) is 0 Å². The largest absolute Gasteiger partial charge is 0.310 e. The van der Waals surface area contributed by atoms with Gasteiger partial charge in [-0.3, -0.25) is 0 Å². The van der Waals surface area contributed by atoms with Gasteiger partial charge in [0.15, 0.2) is 0 Å². The summed E-state index contributed by atoms with van der Waals surface area (Å²) in [6.07, 6.45) is 0. The number of anilines is 9. The molecule has 0 radical (unpaired) electrons. The highest BCUT2D eigenvalue weighted by atomic mass is 15.2. The normalized spacial score (nSPS) is 12.3. The molecule has 12 aromatic carbocycles. The fourth-order valence-corrected chi connectivity index (χ4v) is 13.2. The van der Waals surface area contributed by atoms with Crippen LogP contribution in [0.15, 0.2) is 255 Å². The van der Waals surface area contributed by atoms with Gasteiger partial charge in [0.25, 0.3) is 0 Å². The number of rotatable bonds is 12. The SMILES string of the molecule is Cc1ccc(C(c2ccc(C)cc2)c2ccc3c(c2)C2(c4cc(N(c5ccc(C)cc5)c5ccc(C)cc5)c#cc4-3)c3cc(N(c4ccc(C)cc4)c4ccc(C)cc4)ccc3-c3ccc(N(c4ccc(C)cc4)c4ccc(C)cc4)cc32)cc1. The van der Waals surface area contributed by atoms with Crippen LogP contribution in [0.1, 0.15) is 89.4 Å². The number of hydrogen-bond acceptors (Lipinski definition) is 3. The van der Waals surface area contributed by atoms with Gasteiger partial charge in [-0.25, -0.2) is 0 Å². The van der Waals surface area contributed by atoms with Crippen LogP contribution in [-0.4, -0.2) is 0 Å². The molecule has 3 heteroatoms. The molecule has 1 spiro atoms. The highest BCUT2D eigenvalue weighted by molar-refractivity contribution is 5.98. The van der Waals surface area contributed by atoms with Gasteiger partial charge in [-0.1, -0.05) is 202 Å². The van der Waals surface area contributed by atoms with E-state index in [0.717, 1.165) is 62.3 Å². The summed E-state index contributed by atoms with van der Waals surface area (Å²) in [6, 6.07) is 104. The quantitative estimate of drug-likeness (QED) is 0.113. The van der Waals surface area contributed by atoms with E-state index in [0.29, 0.717) is 0 Å². The van der Waals surface area contributed by atoms with Crippen molar-refractivity contribution in [2.45, 2.75) is 66.7 Å². The minimum absolute atomic E-state index is 0.0490. The molecular weight excluding hydrogens is 1030 g/mol. The lowest BCUT2D eigenvalue weighted by atomic mass is 9.69. The summed E-state index contributed by atoms with van der Waals surface area (Å²) in [6.45, 7) is 17.3. The third kappa shape index (κ3) is 9.36. The van der Waals surface area contributed by atoms with Crippen LogP contribution >= 0.6 is 0 Å². The predicted octanol–water partition coefficient (Wildman–Crippen LogP) is 21.7. The molecule has 0 N–H and O–H groups in total. The number of nitrogens with zero attached hydrogens (tertiary/aromatic N) is 3. The zero-order valence-electron chi connectivity index (χ0n) is 49.7. The summed E-state index contributed by atoms with van der Waals surface area (Å²) in [5, 5.41) is 0. The van der Waals surface area contributed by atoms with E-state index in [1.54, 1.807) is 0 Å². The van der Waals surface area contributed by atoms with Crippen LogP contribution in [0.5, 0.6) is 0 Å². The van der Waals surface area contributed by atoms with Crippen LogP contribution in [0, 0.1) is 67.5 Å². The molecule has 85 heavy (non-hydrogen) atoms. The summed E-state index contributed by atoms with van der Waals surface area (Å²) in [5.41, 5.74) is 31.7. The molecule has 0 saturated heterocycles. The van der Waals surface area contributed by atoms with E-state index in [-0.39, 0.29) is 5.92 Å². The monoisotopic (exact) mass is 1090 g/mol. The molecule has 0 heterocycles. The van der Waals surface area contributed by atoms with Crippen molar-refractivity contribution in [3.05, 3.63) is 350 Å². The van der Waals surface area contributed by atoms with Gasteiger partial charge in [-0.15, -0.1) is 0 Å². The van der Waals surface area contributed by atoms with Gasteiger partial charge >= 0.3 is 0 Å². The Morgan fingerprint density at radius 1 is 0.247 bits per heavy atom. The number of fused-ring (bicyclic) bond motifs is 10.